The van der Waals surface area contributed by atoms with Gasteiger partial charge < -0.3 is 14.7 Å². The standard InChI is InChI=1S/C16H21NO6S.ClH/c1-11(15(18)17-8-7-12(9-17)16(19)20)10-24(21,22)14-5-3-13(23-2)4-6-14;/h3-6,11-12H,7-10H2,1-2H3,(H,19,20);1H. The molecule has 0 bridgehead atoms. The van der Waals surface area contributed by atoms with Crippen molar-refractivity contribution in [3.63, 3.8) is 0 Å². The van der Waals surface area contributed by atoms with E-state index in [1.807, 2.05) is 0 Å². The molecule has 1 aromatic rings. The van der Waals surface area contributed by atoms with Crippen molar-refractivity contribution in [1.82, 2.24) is 4.90 Å². The Kier molecular flexibility index (Phi) is 7.25. The molecule has 1 saturated heterocycles. The number of aliphatic carboxylic acids is 1. The third-order valence-electron chi connectivity index (χ3n) is 4.16. The van der Waals surface area contributed by atoms with Gasteiger partial charge in [0.15, 0.2) is 9.84 Å². The molecule has 1 heterocycles. The highest BCUT2D eigenvalue weighted by atomic mass is 35.5. The highest BCUT2D eigenvalue weighted by Crippen LogP contribution is 2.22. The Morgan fingerprint density at radius 1 is 1.32 bits per heavy atom. The number of carbonyl (C=O) groups excluding carboxylic acids is 1. The van der Waals surface area contributed by atoms with Gasteiger partial charge in [0, 0.05) is 19.0 Å². The maximum Gasteiger partial charge on any atom is 0.308 e. The fourth-order valence-corrected chi connectivity index (χ4v) is 4.30. The van der Waals surface area contributed by atoms with E-state index in [9.17, 15) is 18.0 Å². The SMILES string of the molecule is COc1ccc(S(=O)(=O)CC(C)C(=O)N2CCC(C(=O)O)C2)cc1.Cl. The summed E-state index contributed by atoms with van der Waals surface area (Å²) in [5.74, 6) is -2.31. The van der Waals surface area contributed by atoms with E-state index >= 15 is 0 Å². The van der Waals surface area contributed by atoms with Crippen LogP contribution in [-0.2, 0) is 19.4 Å². The summed E-state index contributed by atoms with van der Waals surface area (Å²) in [6, 6.07) is 6.00. The van der Waals surface area contributed by atoms with Gasteiger partial charge in [0.1, 0.15) is 5.75 Å². The molecule has 1 aliphatic rings. The molecule has 0 aliphatic carbocycles. The van der Waals surface area contributed by atoms with E-state index in [0.29, 0.717) is 18.7 Å². The Hall–Kier alpha value is -1.80. The molecule has 25 heavy (non-hydrogen) atoms. The lowest BCUT2D eigenvalue weighted by molar-refractivity contribution is -0.141. The largest absolute Gasteiger partial charge is 0.497 e. The predicted octanol–water partition coefficient (Wildman–Crippen LogP) is 1.46. The molecule has 1 fully saturated rings. The molecule has 2 unspecified atom stereocenters. The molecule has 1 aromatic carbocycles. The van der Waals surface area contributed by atoms with Crippen LogP contribution in [0, 0.1) is 11.8 Å². The van der Waals surface area contributed by atoms with Gasteiger partial charge in [-0.3, -0.25) is 9.59 Å². The highest BCUT2D eigenvalue weighted by Gasteiger charge is 2.34. The van der Waals surface area contributed by atoms with Gasteiger partial charge in [-0.2, -0.15) is 0 Å². The number of carboxylic acids is 1. The summed E-state index contributed by atoms with van der Waals surface area (Å²) >= 11 is 0. The van der Waals surface area contributed by atoms with E-state index in [1.165, 1.54) is 24.1 Å². The smallest absolute Gasteiger partial charge is 0.308 e. The van der Waals surface area contributed by atoms with Gasteiger partial charge in [-0.05, 0) is 30.7 Å². The van der Waals surface area contributed by atoms with Gasteiger partial charge in [0.2, 0.25) is 5.91 Å². The van der Waals surface area contributed by atoms with E-state index in [-0.39, 0.29) is 35.5 Å². The van der Waals surface area contributed by atoms with Gasteiger partial charge in [-0.25, -0.2) is 8.42 Å². The minimum atomic E-state index is -3.61. The van der Waals surface area contributed by atoms with Gasteiger partial charge in [-0.1, -0.05) is 6.92 Å². The number of nitrogens with zero attached hydrogens (tertiary/aromatic N) is 1. The van der Waals surface area contributed by atoms with Crippen molar-refractivity contribution >= 4 is 34.1 Å². The van der Waals surface area contributed by atoms with Crippen LogP contribution in [0.15, 0.2) is 29.2 Å². The van der Waals surface area contributed by atoms with E-state index < -0.39 is 27.6 Å². The van der Waals surface area contributed by atoms with Crippen molar-refractivity contribution in [2.75, 3.05) is 26.0 Å². The van der Waals surface area contributed by atoms with Crippen LogP contribution >= 0.6 is 12.4 Å². The minimum Gasteiger partial charge on any atom is -0.497 e. The van der Waals surface area contributed by atoms with Crippen LogP contribution in [0.5, 0.6) is 5.75 Å². The van der Waals surface area contributed by atoms with Gasteiger partial charge in [-0.15, -0.1) is 12.4 Å². The first-order valence-corrected chi connectivity index (χ1v) is 9.28. The van der Waals surface area contributed by atoms with Crippen molar-refractivity contribution < 1.29 is 27.9 Å². The molecule has 0 aromatic heterocycles. The molecule has 7 nitrogen and oxygen atoms in total. The number of hydrogen-bond acceptors (Lipinski definition) is 5. The Bertz CT molecular complexity index is 719. The molecule has 0 radical (unpaired) electrons. The Labute approximate surface area is 153 Å². The first kappa shape index (κ1) is 21.2. The number of amides is 1. The lowest BCUT2D eigenvalue weighted by Gasteiger charge is -2.20. The molecule has 1 aliphatic heterocycles. The average molecular weight is 392 g/mol. The van der Waals surface area contributed by atoms with Crippen molar-refractivity contribution in [2.24, 2.45) is 11.8 Å². The summed E-state index contributed by atoms with van der Waals surface area (Å²) < 4.78 is 29.9. The van der Waals surface area contributed by atoms with E-state index in [2.05, 4.69) is 0 Å². The van der Waals surface area contributed by atoms with Crippen molar-refractivity contribution in [1.29, 1.82) is 0 Å². The quantitative estimate of drug-likeness (QED) is 0.787. The summed E-state index contributed by atoms with van der Waals surface area (Å²) in [6.07, 6.45) is 0.402. The highest BCUT2D eigenvalue weighted by molar-refractivity contribution is 7.91. The monoisotopic (exact) mass is 391 g/mol. The number of methoxy groups -OCH3 is 1. The molecule has 9 heteroatoms. The van der Waals surface area contributed by atoms with E-state index in [4.69, 9.17) is 9.84 Å². The van der Waals surface area contributed by atoms with Gasteiger partial charge >= 0.3 is 5.97 Å². The fraction of sp³-hybridized carbons (Fsp3) is 0.500. The molecular formula is C16H22ClNO6S. The van der Waals surface area contributed by atoms with Crippen LogP contribution in [-0.4, -0.2) is 56.3 Å². The lowest BCUT2D eigenvalue weighted by Crippen LogP contribution is -2.36. The molecule has 0 spiro atoms. The second kappa shape index (κ2) is 8.53. The van der Waals surface area contributed by atoms with Crippen molar-refractivity contribution in [3.05, 3.63) is 24.3 Å². The number of benzene rings is 1. The number of likely N-dealkylation sites (tertiary alicyclic amines) is 1. The Balaban J connectivity index is 0.00000312. The zero-order valence-electron chi connectivity index (χ0n) is 14.0. The number of carbonyl (C=O) groups is 2. The average Bonchev–Trinajstić information content (AvgIpc) is 3.04. The summed E-state index contributed by atoms with van der Waals surface area (Å²) in [5, 5.41) is 8.99. The van der Waals surface area contributed by atoms with Crippen LogP contribution in [0.3, 0.4) is 0 Å². The fourth-order valence-electron chi connectivity index (χ4n) is 2.75. The normalized spacial score (nSPS) is 18.3. The van der Waals surface area contributed by atoms with E-state index in [0.717, 1.165) is 0 Å². The summed E-state index contributed by atoms with van der Waals surface area (Å²) in [6.45, 7) is 2.04. The lowest BCUT2D eigenvalue weighted by atomic mass is 10.1. The number of sulfone groups is 1. The van der Waals surface area contributed by atoms with Crippen LogP contribution < -0.4 is 4.74 Å². The summed E-state index contributed by atoms with van der Waals surface area (Å²) in [5.41, 5.74) is 0. The van der Waals surface area contributed by atoms with Crippen LogP contribution in [0.1, 0.15) is 13.3 Å². The van der Waals surface area contributed by atoms with Crippen LogP contribution in [0.25, 0.3) is 0 Å². The van der Waals surface area contributed by atoms with Gasteiger partial charge in [0.05, 0.1) is 23.7 Å². The number of carboxylic acid groups (broad SMARTS) is 1. The molecule has 1 N–H and O–H groups in total. The second-order valence-electron chi connectivity index (χ2n) is 5.97. The molecule has 2 rings (SSSR count). The van der Waals surface area contributed by atoms with E-state index in [1.54, 1.807) is 19.1 Å². The maximum absolute atomic E-state index is 12.4. The Morgan fingerprint density at radius 2 is 1.92 bits per heavy atom. The molecule has 140 valence electrons. The molecule has 2 atom stereocenters. The third-order valence-corrected chi connectivity index (χ3v) is 6.09. The minimum absolute atomic E-state index is 0. The second-order valence-corrected chi connectivity index (χ2v) is 8.00. The third kappa shape index (κ3) is 5.09. The van der Waals surface area contributed by atoms with Crippen molar-refractivity contribution in [2.45, 2.75) is 18.2 Å². The molecular weight excluding hydrogens is 370 g/mol. The summed E-state index contributed by atoms with van der Waals surface area (Å²) in [7, 11) is -2.12. The number of ether oxygens (including phenoxy) is 1. The summed E-state index contributed by atoms with van der Waals surface area (Å²) in [4.78, 5) is 24.9. The first-order chi connectivity index (χ1) is 11.2. The maximum atomic E-state index is 12.4. The zero-order chi connectivity index (χ0) is 17.9. The van der Waals surface area contributed by atoms with Crippen LogP contribution in [0.4, 0.5) is 0 Å². The molecule has 1 amide bonds. The number of hydrogen-bond donors (Lipinski definition) is 1. The first-order valence-electron chi connectivity index (χ1n) is 7.63. The van der Waals surface area contributed by atoms with Crippen LogP contribution in [0.2, 0.25) is 0 Å². The topological polar surface area (TPSA) is 101 Å². The number of halogens is 1. The predicted molar refractivity (Wildman–Crippen MR) is 93.8 cm³/mol. The number of rotatable bonds is 6. The van der Waals surface area contributed by atoms with Crippen molar-refractivity contribution in [3.8, 4) is 5.75 Å². The zero-order valence-corrected chi connectivity index (χ0v) is 15.7. The van der Waals surface area contributed by atoms with Gasteiger partial charge in [0.25, 0.3) is 0 Å². The molecule has 0 saturated carbocycles. The Morgan fingerprint density at radius 3 is 2.40 bits per heavy atom.